The Balaban J connectivity index is 0.000000779. The van der Waals surface area contributed by atoms with Crippen molar-refractivity contribution >= 4 is 29.2 Å². The Morgan fingerprint density at radius 2 is 1.71 bits per heavy atom. The van der Waals surface area contributed by atoms with Crippen LogP contribution in [0.1, 0.15) is 57.6 Å². The topological polar surface area (TPSA) is 49.8 Å². The number of esters is 1. The summed E-state index contributed by atoms with van der Waals surface area (Å²) in [7, 11) is 0. The lowest BCUT2D eigenvalue weighted by atomic mass is 9.83. The quantitative estimate of drug-likeness (QED) is 0.292. The Morgan fingerprint density at radius 3 is 2.26 bits per heavy atom. The van der Waals surface area contributed by atoms with Gasteiger partial charge in [0, 0.05) is 16.6 Å². The molecular formula is C29H39Cl2NO3. The number of likely N-dealkylation sites (tertiary alicyclic amines) is 1. The van der Waals surface area contributed by atoms with Gasteiger partial charge in [-0.2, -0.15) is 0 Å². The van der Waals surface area contributed by atoms with E-state index in [4.69, 9.17) is 27.9 Å². The third-order valence-electron chi connectivity index (χ3n) is 5.73. The first-order valence-electron chi connectivity index (χ1n) is 12.2. The molecule has 0 bridgehead atoms. The molecule has 1 saturated heterocycles. The van der Waals surface area contributed by atoms with E-state index in [0.717, 1.165) is 36.9 Å². The fraction of sp³-hybridized carbons (Fsp3) is 0.414. The van der Waals surface area contributed by atoms with Gasteiger partial charge >= 0.3 is 5.97 Å². The first kappa shape index (κ1) is 30.9. The van der Waals surface area contributed by atoms with Crippen LogP contribution in [0.2, 0.25) is 5.02 Å². The summed E-state index contributed by atoms with van der Waals surface area (Å²) in [5.41, 5.74) is 0.484. The molecule has 1 aliphatic rings. The van der Waals surface area contributed by atoms with E-state index >= 15 is 0 Å². The van der Waals surface area contributed by atoms with Crippen LogP contribution < -0.4 is 0 Å². The lowest BCUT2D eigenvalue weighted by Crippen LogP contribution is -2.47. The van der Waals surface area contributed by atoms with Crippen LogP contribution in [-0.4, -0.2) is 41.7 Å². The number of rotatable bonds is 8. The minimum atomic E-state index is -1.15. The predicted octanol–water partition coefficient (Wildman–Crippen LogP) is 7.33. The van der Waals surface area contributed by atoms with E-state index in [-0.39, 0.29) is 12.0 Å². The van der Waals surface area contributed by atoms with E-state index in [0.29, 0.717) is 29.6 Å². The van der Waals surface area contributed by atoms with Crippen LogP contribution in [0, 0.1) is 0 Å². The zero-order valence-corrected chi connectivity index (χ0v) is 22.7. The summed E-state index contributed by atoms with van der Waals surface area (Å²) in [6.45, 7) is 14.3. The number of halogens is 2. The highest BCUT2D eigenvalue weighted by Gasteiger charge is 2.35. The first-order chi connectivity index (χ1) is 16.8. The van der Waals surface area contributed by atoms with Crippen LogP contribution in [-0.2, 0) is 15.1 Å². The molecule has 0 saturated carbocycles. The normalized spacial score (nSPS) is 16.9. The van der Waals surface area contributed by atoms with E-state index in [1.165, 1.54) is 6.08 Å². The average molecular weight is 521 g/mol. The summed E-state index contributed by atoms with van der Waals surface area (Å²) in [4.78, 5) is 14.5. The first-order valence-corrected chi connectivity index (χ1v) is 13.0. The van der Waals surface area contributed by atoms with Gasteiger partial charge in [-0.15, -0.1) is 0 Å². The zero-order chi connectivity index (χ0) is 26.3. The highest BCUT2D eigenvalue weighted by atomic mass is 35.5. The van der Waals surface area contributed by atoms with E-state index in [1.807, 2.05) is 63.2 Å². The fourth-order valence-corrected chi connectivity index (χ4v) is 4.09. The minimum absolute atomic E-state index is 0.156. The summed E-state index contributed by atoms with van der Waals surface area (Å²) in [5.74, 6) is -0.156. The van der Waals surface area contributed by atoms with Crippen molar-refractivity contribution in [2.45, 2.75) is 58.1 Å². The van der Waals surface area contributed by atoms with E-state index in [1.54, 1.807) is 12.1 Å². The number of aliphatic hydroxyl groups is 1. The molecule has 1 N–H and O–H groups in total. The molecule has 0 spiro atoms. The molecule has 4 nitrogen and oxygen atoms in total. The van der Waals surface area contributed by atoms with Crippen LogP contribution in [0.15, 0.2) is 78.9 Å². The lowest BCUT2D eigenvalue weighted by molar-refractivity contribution is -0.151. The van der Waals surface area contributed by atoms with Gasteiger partial charge in [-0.05, 0) is 56.0 Å². The molecule has 1 fully saturated rings. The molecule has 1 heterocycles. The molecule has 2 atom stereocenters. The minimum Gasteiger partial charge on any atom is -0.465 e. The maximum absolute atomic E-state index is 12.4. The molecule has 0 aromatic heterocycles. The second-order valence-electron chi connectivity index (χ2n) is 7.93. The van der Waals surface area contributed by atoms with Gasteiger partial charge in [0.2, 0.25) is 0 Å². The second kappa shape index (κ2) is 16.5. The summed E-state index contributed by atoms with van der Waals surface area (Å²) >= 11 is 11.2. The highest BCUT2D eigenvalue weighted by Crippen LogP contribution is 2.34. The molecule has 0 radical (unpaired) electrons. The molecule has 35 heavy (non-hydrogen) atoms. The Kier molecular flexibility index (Phi) is 14.6. The predicted molar refractivity (Wildman–Crippen MR) is 148 cm³/mol. The van der Waals surface area contributed by atoms with Crippen molar-refractivity contribution in [1.29, 1.82) is 0 Å². The molecule has 0 aliphatic carbocycles. The van der Waals surface area contributed by atoms with Gasteiger partial charge in [-0.1, -0.05) is 105 Å². The summed E-state index contributed by atoms with van der Waals surface area (Å²) in [6, 6.07) is 16.8. The number of carbonyl (C=O) groups is 1. The van der Waals surface area contributed by atoms with Crippen LogP contribution >= 0.6 is 23.2 Å². The van der Waals surface area contributed by atoms with Gasteiger partial charge in [0.1, 0.15) is 11.6 Å². The van der Waals surface area contributed by atoms with E-state index < -0.39 is 5.60 Å². The zero-order valence-electron chi connectivity index (χ0n) is 21.2. The standard InChI is InChI=1S/C23H28ClNO3.C4H5Cl.C2H6/c1-2-28-22(26)21-10-6-7-16-25(21)17-15-23(27,18-8-4-3-5-9-18)19-11-13-20(24)14-12-19;1-3-4(2)5;1-2/h3-5,8-9,11-14,21,27H,2,6-7,10,15-17H2,1H3;3H,1-2H2;1-2H3. The molecule has 2 aromatic rings. The molecule has 0 amide bonds. The summed E-state index contributed by atoms with van der Waals surface area (Å²) in [5, 5.41) is 12.8. The number of benzene rings is 2. The fourth-order valence-electron chi connectivity index (χ4n) is 3.96. The van der Waals surface area contributed by atoms with Gasteiger partial charge in [0.15, 0.2) is 0 Å². The van der Waals surface area contributed by atoms with Gasteiger partial charge in [-0.3, -0.25) is 9.69 Å². The average Bonchev–Trinajstić information content (AvgIpc) is 2.90. The van der Waals surface area contributed by atoms with Gasteiger partial charge < -0.3 is 9.84 Å². The number of ether oxygens (including phenoxy) is 1. The van der Waals surface area contributed by atoms with Gasteiger partial charge in [0.25, 0.3) is 0 Å². The van der Waals surface area contributed by atoms with E-state index in [2.05, 4.69) is 18.1 Å². The molecular weight excluding hydrogens is 481 g/mol. The molecule has 2 aromatic carbocycles. The molecule has 1 aliphatic heterocycles. The van der Waals surface area contributed by atoms with Crippen molar-refractivity contribution in [3.63, 3.8) is 0 Å². The van der Waals surface area contributed by atoms with Crippen molar-refractivity contribution in [1.82, 2.24) is 4.90 Å². The van der Waals surface area contributed by atoms with Crippen molar-refractivity contribution in [3.05, 3.63) is 95.0 Å². The van der Waals surface area contributed by atoms with Crippen LogP contribution in [0.3, 0.4) is 0 Å². The molecule has 3 rings (SSSR count). The Bertz CT molecular complexity index is 902. The molecule has 192 valence electrons. The highest BCUT2D eigenvalue weighted by molar-refractivity contribution is 6.30. The molecule has 6 heteroatoms. The van der Waals surface area contributed by atoms with Gasteiger partial charge in [0.05, 0.1) is 6.61 Å². The second-order valence-corrected chi connectivity index (χ2v) is 8.86. The van der Waals surface area contributed by atoms with Crippen LogP contribution in [0.5, 0.6) is 0 Å². The SMILES string of the molecule is C=CC(=C)Cl.CC.CCOC(=O)C1CCCCN1CCC(O)(c1ccccc1)c1ccc(Cl)cc1. The Labute approximate surface area is 221 Å². The molecule has 2 unspecified atom stereocenters. The van der Waals surface area contributed by atoms with E-state index in [9.17, 15) is 9.90 Å². The number of allylic oxidation sites excluding steroid dienone is 2. The number of hydrogen-bond acceptors (Lipinski definition) is 4. The number of carbonyl (C=O) groups excluding carboxylic acids is 1. The number of nitrogens with zero attached hydrogens (tertiary/aromatic N) is 1. The monoisotopic (exact) mass is 519 g/mol. The van der Waals surface area contributed by atoms with Crippen molar-refractivity contribution in [2.24, 2.45) is 0 Å². The maximum atomic E-state index is 12.4. The largest absolute Gasteiger partial charge is 0.465 e. The third-order valence-corrected chi connectivity index (χ3v) is 6.13. The maximum Gasteiger partial charge on any atom is 0.323 e. The van der Waals surface area contributed by atoms with Crippen LogP contribution in [0.25, 0.3) is 0 Å². The Morgan fingerprint density at radius 1 is 1.14 bits per heavy atom. The van der Waals surface area contributed by atoms with Crippen molar-refractivity contribution in [3.8, 4) is 0 Å². The number of hydrogen-bond donors (Lipinski definition) is 1. The summed E-state index contributed by atoms with van der Waals surface area (Å²) in [6.07, 6.45) is 4.86. The van der Waals surface area contributed by atoms with Crippen molar-refractivity contribution < 1.29 is 14.6 Å². The van der Waals surface area contributed by atoms with Crippen molar-refractivity contribution in [2.75, 3.05) is 19.7 Å². The lowest BCUT2D eigenvalue weighted by Gasteiger charge is -2.37. The summed E-state index contributed by atoms with van der Waals surface area (Å²) < 4.78 is 5.27. The van der Waals surface area contributed by atoms with Gasteiger partial charge in [-0.25, -0.2) is 0 Å². The smallest absolute Gasteiger partial charge is 0.323 e. The Hall–Kier alpha value is -2.11. The third kappa shape index (κ3) is 9.81. The number of piperidine rings is 1. The van der Waals surface area contributed by atoms with Crippen LogP contribution in [0.4, 0.5) is 0 Å².